The van der Waals surface area contributed by atoms with Crippen molar-refractivity contribution < 1.29 is 14.8 Å². The molecular weight excluding hydrogens is 341 g/mol. The average molecular weight is 351 g/mol. The molecule has 23 heavy (non-hydrogen) atoms. The van der Waals surface area contributed by atoms with Crippen LogP contribution in [0.25, 0.3) is 0 Å². The SMILES string of the molecule is O=C1c2ccccc2C(=O)C1(Cl)C(Cl)c1ccc(N([O-])O)cc1. The fourth-order valence-corrected chi connectivity index (χ4v) is 3.28. The Morgan fingerprint density at radius 2 is 1.48 bits per heavy atom. The topological polar surface area (TPSA) is 80.7 Å². The molecule has 0 saturated carbocycles. The second-order valence-corrected chi connectivity index (χ2v) is 6.18. The van der Waals surface area contributed by atoms with Crippen molar-refractivity contribution in [2.75, 3.05) is 5.23 Å². The van der Waals surface area contributed by atoms with Gasteiger partial charge in [-0.15, -0.1) is 11.6 Å². The van der Waals surface area contributed by atoms with Gasteiger partial charge in [0.15, 0.2) is 16.4 Å². The number of hydrogen-bond donors (Lipinski definition) is 1. The molecule has 0 amide bonds. The van der Waals surface area contributed by atoms with E-state index in [9.17, 15) is 14.8 Å². The molecule has 5 nitrogen and oxygen atoms in total. The first kappa shape index (κ1) is 16.0. The lowest BCUT2D eigenvalue weighted by atomic mass is 9.93. The lowest BCUT2D eigenvalue weighted by molar-refractivity contribution is 0.0858. The van der Waals surface area contributed by atoms with Gasteiger partial charge in [0.1, 0.15) is 0 Å². The molecule has 0 saturated heterocycles. The molecule has 0 fully saturated rings. The summed E-state index contributed by atoms with van der Waals surface area (Å²) in [6.45, 7) is 0. The maximum atomic E-state index is 12.6. The Morgan fingerprint density at radius 1 is 1.00 bits per heavy atom. The molecule has 0 radical (unpaired) electrons. The van der Waals surface area contributed by atoms with Gasteiger partial charge in [-0.3, -0.25) is 14.8 Å². The smallest absolute Gasteiger partial charge is 0.194 e. The van der Waals surface area contributed by atoms with Gasteiger partial charge in [0.25, 0.3) is 0 Å². The third-order valence-corrected chi connectivity index (χ3v) is 5.09. The highest BCUT2D eigenvalue weighted by Gasteiger charge is 2.56. The predicted molar refractivity (Wildman–Crippen MR) is 86.4 cm³/mol. The minimum absolute atomic E-state index is 0.00593. The summed E-state index contributed by atoms with van der Waals surface area (Å²) in [5.41, 5.74) is 0.877. The number of alkyl halides is 2. The Labute approximate surface area is 141 Å². The highest BCUT2D eigenvalue weighted by Crippen LogP contribution is 2.47. The van der Waals surface area contributed by atoms with Crippen molar-refractivity contribution in [1.82, 2.24) is 0 Å². The molecule has 1 aliphatic carbocycles. The Hall–Kier alpha value is -1.92. The van der Waals surface area contributed by atoms with E-state index >= 15 is 0 Å². The van der Waals surface area contributed by atoms with E-state index in [-0.39, 0.29) is 22.0 Å². The number of fused-ring (bicyclic) bond motifs is 1. The number of carbonyl (C=O) groups excluding carboxylic acids is 2. The molecule has 118 valence electrons. The van der Waals surface area contributed by atoms with Crippen LogP contribution >= 0.6 is 23.2 Å². The lowest BCUT2D eigenvalue weighted by Gasteiger charge is -2.26. The van der Waals surface area contributed by atoms with E-state index < -0.39 is 21.8 Å². The summed E-state index contributed by atoms with van der Waals surface area (Å²) < 4.78 is 0. The number of Topliss-reactive ketones (excluding diaryl/α,β-unsaturated/α-hetero) is 2. The Morgan fingerprint density at radius 3 is 1.91 bits per heavy atom. The molecule has 0 aromatic heterocycles. The Balaban J connectivity index is 2.01. The van der Waals surface area contributed by atoms with Crippen LogP contribution in [0.15, 0.2) is 48.5 Å². The van der Waals surface area contributed by atoms with E-state index in [0.29, 0.717) is 5.56 Å². The van der Waals surface area contributed by atoms with Crippen molar-refractivity contribution in [2.24, 2.45) is 0 Å². The molecule has 7 heteroatoms. The minimum atomic E-state index is -1.93. The van der Waals surface area contributed by atoms with Gasteiger partial charge in [0, 0.05) is 11.1 Å². The van der Waals surface area contributed by atoms with Crippen LogP contribution in [-0.2, 0) is 0 Å². The number of rotatable bonds is 3. The lowest BCUT2D eigenvalue weighted by Crippen LogP contribution is -2.39. The summed E-state index contributed by atoms with van der Waals surface area (Å²) in [6.07, 6.45) is 0. The predicted octanol–water partition coefficient (Wildman–Crippen LogP) is 3.72. The van der Waals surface area contributed by atoms with Gasteiger partial charge in [-0.1, -0.05) is 48.0 Å². The van der Waals surface area contributed by atoms with Crippen LogP contribution < -0.4 is 5.23 Å². The molecule has 3 rings (SSSR count). The number of nitrogens with zero attached hydrogens (tertiary/aromatic N) is 1. The molecule has 1 unspecified atom stereocenters. The standard InChI is InChI=1S/C16H10Cl2NO4/c17-13(9-5-7-10(8-6-9)19(22)23)16(18)14(20)11-3-1-2-4-12(11)15(16)21/h1-8,13,22H/q-1. The largest absolute Gasteiger partial charge is 0.733 e. The van der Waals surface area contributed by atoms with Crippen molar-refractivity contribution in [3.05, 3.63) is 70.4 Å². The van der Waals surface area contributed by atoms with Crippen LogP contribution in [0.3, 0.4) is 0 Å². The summed E-state index contributed by atoms with van der Waals surface area (Å²) in [7, 11) is 0. The zero-order valence-electron chi connectivity index (χ0n) is 11.6. The van der Waals surface area contributed by atoms with Gasteiger partial charge >= 0.3 is 0 Å². The molecule has 0 bridgehead atoms. The first-order valence-corrected chi connectivity index (χ1v) is 7.46. The highest BCUT2D eigenvalue weighted by atomic mass is 35.5. The van der Waals surface area contributed by atoms with E-state index in [2.05, 4.69) is 0 Å². The van der Waals surface area contributed by atoms with Crippen LogP contribution in [-0.4, -0.2) is 21.6 Å². The Bertz CT molecular complexity index is 754. The summed E-state index contributed by atoms with van der Waals surface area (Å²) in [5.74, 6) is -1.09. The number of benzene rings is 2. The van der Waals surface area contributed by atoms with Gasteiger partial charge in [-0.05, 0) is 17.7 Å². The van der Waals surface area contributed by atoms with E-state index in [1.165, 1.54) is 36.4 Å². The maximum absolute atomic E-state index is 12.6. The summed E-state index contributed by atoms with van der Waals surface area (Å²) in [4.78, 5) is 23.2. The van der Waals surface area contributed by atoms with Crippen LogP contribution in [0, 0.1) is 5.21 Å². The van der Waals surface area contributed by atoms with Crippen molar-refractivity contribution >= 4 is 40.5 Å². The zero-order valence-corrected chi connectivity index (χ0v) is 13.1. The quantitative estimate of drug-likeness (QED) is 0.518. The molecule has 2 aromatic rings. The molecule has 1 atom stereocenters. The fourth-order valence-electron chi connectivity index (χ4n) is 2.60. The van der Waals surface area contributed by atoms with E-state index in [1.807, 2.05) is 0 Å². The Kier molecular flexibility index (Phi) is 3.90. The van der Waals surface area contributed by atoms with Gasteiger partial charge in [-0.2, -0.15) is 0 Å². The number of carbonyl (C=O) groups is 2. The molecule has 2 aromatic carbocycles. The van der Waals surface area contributed by atoms with Gasteiger partial charge in [0.05, 0.1) is 11.1 Å². The van der Waals surface area contributed by atoms with Crippen molar-refractivity contribution in [2.45, 2.75) is 10.3 Å². The van der Waals surface area contributed by atoms with Gasteiger partial charge in [0.2, 0.25) is 0 Å². The third-order valence-electron chi connectivity index (χ3n) is 3.83. The minimum Gasteiger partial charge on any atom is -0.733 e. The number of halogens is 2. The second kappa shape index (κ2) is 5.62. The summed E-state index contributed by atoms with van der Waals surface area (Å²) >= 11 is 12.7. The van der Waals surface area contributed by atoms with Crippen LogP contribution in [0.1, 0.15) is 31.7 Å². The second-order valence-electron chi connectivity index (χ2n) is 5.14. The zero-order chi connectivity index (χ0) is 16.8. The number of ketones is 2. The first-order chi connectivity index (χ1) is 10.9. The van der Waals surface area contributed by atoms with E-state index in [4.69, 9.17) is 28.4 Å². The van der Waals surface area contributed by atoms with Gasteiger partial charge < -0.3 is 10.4 Å². The normalized spacial score (nSPS) is 17.0. The highest BCUT2D eigenvalue weighted by molar-refractivity contribution is 6.58. The number of hydrogen-bond acceptors (Lipinski definition) is 5. The molecule has 1 N–H and O–H groups in total. The average Bonchev–Trinajstić information content (AvgIpc) is 2.77. The van der Waals surface area contributed by atoms with Crippen molar-refractivity contribution in [3.63, 3.8) is 0 Å². The molecule has 0 spiro atoms. The monoisotopic (exact) mass is 350 g/mol. The van der Waals surface area contributed by atoms with E-state index in [1.54, 1.807) is 12.1 Å². The first-order valence-electron chi connectivity index (χ1n) is 6.65. The van der Waals surface area contributed by atoms with Crippen LogP contribution in [0.2, 0.25) is 0 Å². The third kappa shape index (κ3) is 2.33. The molecule has 0 aliphatic heterocycles. The van der Waals surface area contributed by atoms with Crippen molar-refractivity contribution in [1.29, 1.82) is 0 Å². The summed E-state index contributed by atoms with van der Waals surface area (Å²) in [5, 5.41) is 18.2. The summed E-state index contributed by atoms with van der Waals surface area (Å²) in [6, 6.07) is 11.9. The number of anilines is 1. The van der Waals surface area contributed by atoms with Crippen LogP contribution in [0.5, 0.6) is 0 Å². The van der Waals surface area contributed by atoms with Crippen LogP contribution in [0.4, 0.5) is 5.69 Å². The molecule has 1 aliphatic rings. The fraction of sp³-hybridized carbons (Fsp3) is 0.125. The van der Waals surface area contributed by atoms with Crippen molar-refractivity contribution in [3.8, 4) is 0 Å². The molecule has 0 heterocycles. The van der Waals surface area contributed by atoms with E-state index in [0.717, 1.165) is 0 Å². The van der Waals surface area contributed by atoms with Gasteiger partial charge in [-0.25, -0.2) is 0 Å². The maximum Gasteiger partial charge on any atom is 0.194 e. The molecular formula is C16H10Cl2NO4-.